The van der Waals surface area contributed by atoms with Gasteiger partial charge >= 0.3 is 5.97 Å². The summed E-state index contributed by atoms with van der Waals surface area (Å²) >= 11 is 5.67. The number of aromatic nitrogens is 2. The number of carboxylic acids is 1. The second kappa shape index (κ2) is 3.92. The van der Waals surface area contributed by atoms with Crippen molar-refractivity contribution in [3.8, 4) is 6.07 Å². The molecule has 13 heavy (non-hydrogen) atoms. The third kappa shape index (κ3) is 1.98. The highest BCUT2D eigenvalue weighted by Gasteiger charge is 2.13. The fraction of sp³-hybridized carbons (Fsp3) is 0.286. The van der Waals surface area contributed by atoms with Crippen molar-refractivity contribution in [1.29, 1.82) is 5.26 Å². The number of carbonyl (C=O) groups is 1. The lowest BCUT2D eigenvalue weighted by Gasteiger charge is -1.97. The van der Waals surface area contributed by atoms with Crippen LogP contribution < -0.4 is 0 Å². The minimum atomic E-state index is -1.12. The van der Waals surface area contributed by atoms with Crippen LogP contribution in [0.1, 0.15) is 16.8 Å². The van der Waals surface area contributed by atoms with E-state index in [0.717, 1.165) is 0 Å². The molecule has 0 saturated carbocycles. The summed E-state index contributed by atoms with van der Waals surface area (Å²) in [4.78, 5) is 10.5. The molecule has 0 aliphatic rings. The molecular formula is C7H6ClN3O2. The molecule has 0 saturated heterocycles. The highest BCUT2D eigenvalue weighted by molar-refractivity contribution is 6.32. The first-order valence-electron chi connectivity index (χ1n) is 3.48. The number of rotatable bonds is 3. The zero-order valence-corrected chi connectivity index (χ0v) is 7.32. The second-order valence-electron chi connectivity index (χ2n) is 2.29. The largest absolute Gasteiger partial charge is 0.478 e. The maximum absolute atomic E-state index is 10.5. The van der Waals surface area contributed by atoms with E-state index in [2.05, 4.69) is 5.10 Å². The first-order valence-corrected chi connectivity index (χ1v) is 3.86. The van der Waals surface area contributed by atoms with E-state index in [1.807, 2.05) is 6.07 Å². The molecule has 0 unspecified atom stereocenters. The molecule has 5 nitrogen and oxygen atoms in total. The Morgan fingerprint density at radius 1 is 1.85 bits per heavy atom. The van der Waals surface area contributed by atoms with Crippen LogP contribution in [0.25, 0.3) is 0 Å². The molecule has 0 amide bonds. The average molecular weight is 200 g/mol. The van der Waals surface area contributed by atoms with E-state index in [1.165, 1.54) is 10.9 Å². The van der Waals surface area contributed by atoms with Gasteiger partial charge in [0.05, 0.1) is 25.2 Å². The van der Waals surface area contributed by atoms with E-state index in [-0.39, 0.29) is 17.1 Å². The summed E-state index contributed by atoms with van der Waals surface area (Å²) in [7, 11) is 0. The summed E-state index contributed by atoms with van der Waals surface area (Å²) < 4.78 is 1.29. The molecule has 0 aliphatic heterocycles. The van der Waals surface area contributed by atoms with Crippen molar-refractivity contribution in [3.05, 3.63) is 16.9 Å². The Hall–Kier alpha value is -1.54. The minimum Gasteiger partial charge on any atom is -0.478 e. The molecule has 0 fully saturated rings. The highest BCUT2D eigenvalue weighted by atomic mass is 35.5. The smallest absolute Gasteiger partial charge is 0.340 e. The van der Waals surface area contributed by atoms with E-state index < -0.39 is 5.97 Å². The Kier molecular flexibility index (Phi) is 2.88. The molecule has 1 heterocycles. The first-order chi connectivity index (χ1) is 6.16. The van der Waals surface area contributed by atoms with Gasteiger partial charge in [-0.15, -0.1) is 0 Å². The Morgan fingerprint density at radius 2 is 2.54 bits per heavy atom. The zero-order chi connectivity index (χ0) is 9.84. The molecule has 0 radical (unpaired) electrons. The standard InChI is InChI=1S/C7H6ClN3O2/c8-6-5(7(12)13)4-10-11(6)3-1-2-9/h4H,1,3H2,(H,12,13). The minimum absolute atomic E-state index is 0.0420. The summed E-state index contributed by atoms with van der Waals surface area (Å²) in [6, 6.07) is 1.91. The van der Waals surface area contributed by atoms with E-state index in [4.69, 9.17) is 22.0 Å². The van der Waals surface area contributed by atoms with E-state index in [1.54, 1.807) is 0 Å². The van der Waals surface area contributed by atoms with Crippen molar-refractivity contribution in [1.82, 2.24) is 9.78 Å². The first kappa shape index (κ1) is 9.55. The quantitative estimate of drug-likeness (QED) is 0.792. The highest BCUT2D eigenvalue weighted by Crippen LogP contribution is 2.15. The van der Waals surface area contributed by atoms with Crippen molar-refractivity contribution < 1.29 is 9.90 Å². The van der Waals surface area contributed by atoms with Gasteiger partial charge in [0.1, 0.15) is 10.7 Å². The predicted octanol–water partition coefficient (Wildman–Crippen LogP) is 1.15. The topological polar surface area (TPSA) is 78.9 Å². The number of nitriles is 1. The van der Waals surface area contributed by atoms with Gasteiger partial charge < -0.3 is 5.11 Å². The molecule has 0 atom stereocenters. The Bertz CT molecular complexity index is 366. The zero-order valence-electron chi connectivity index (χ0n) is 6.57. The van der Waals surface area contributed by atoms with Crippen LogP contribution in [0.3, 0.4) is 0 Å². The molecule has 0 aromatic carbocycles. The van der Waals surface area contributed by atoms with E-state index in [0.29, 0.717) is 6.54 Å². The van der Waals surface area contributed by atoms with Crippen LogP contribution >= 0.6 is 11.6 Å². The van der Waals surface area contributed by atoms with Crippen LogP contribution in [0, 0.1) is 11.3 Å². The second-order valence-corrected chi connectivity index (χ2v) is 2.64. The molecule has 6 heteroatoms. The molecule has 0 bridgehead atoms. The average Bonchev–Trinajstić information content (AvgIpc) is 2.43. The summed E-state index contributed by atoms with van der Waals surface area (Å²) in [5.74, 6) is -1.12. The fourth-order valence-corrected chi connectivity index (χ4v) is 1.08. The molecule has 68 valence electrons. The van der Waals surface area contributed by atoms with Gasteiger partial charge in [-0.05, 0) is 0 Å². The van der Waals surface area contributed by atoms with Gasteiger partial charge in [0.15, 0.2) is 0 Å². The molecule has 1 aromatic heterocycles. The predicted molar refractivity (Wildman–Crippen MR) is 44.4 cm³/mol. The molecule has 1 rings (SSSR count). The SMILES string of the molecule is N#CCCn1ncc(C(=O)O)c1Cl. The van der Waals surface area contributed by atoms with Crippen LogP contribution in [0.15, 0.2) is 6.20 Å². The molecule has 1 aromatic rings. The number of aromatic carboxylic acids is 1. The van der Waals surface area contributed by atoms with Crippen molar-refractivity contribution in [2.75, 3.05) is 0 Å². The molecular weight excluding hydrogens is 194 g/mol. The number of carboxylic acid groups (broad SMARTS) is 1. The number of nitrogens with zero attached hydrogens (tertiary/aromatic N) is 3. The maximum atomic E-state index is 10.5. The van der Waals surface area contributed by atoms with Crippen molar-refractivity contribution in [2.45, 2.75) is 13.0 Å². The van der Waals surface area contributed by atoms with Gasteiger partial charge in [-0.25, -0.2) is 4.79 Å². The lowest BCUT2D eigenvalue weighted by atomic mass is 10.4. The van der Waals surface area contributed by atoms with Gasteiger partial charge in [-0.1, -0.05) is 11.6 Å². The van der Waals surface area contributed by atoms with Crippen LogP contribution in [0.4, 0.5) is 0 Å². The normalized spacial score (nSPS) is 9.54. The lowest BCUT2D eigenvalue weighted by molar-refractivity contribution is 0.0697. The Labute approximate surface area is 79.2 Å². The molecule has 0 spiro atoms. The third-order valence-electron chi connectivity index (χ3n) is 1.44. The molecule has 0 aliphatic carbocycles. The van der Waals surface area contributed by atoms with Crippen LogP contribution in [0.5, 0.6) is 0 Å². The number of hydrogen-bond acceptors (Lipinski definition) is 3. The van der Waals surface area contributed by atoms with Crippen LogP contribution in [-0.2, 0) is 6.54 Å². The van der Waals surface area contributed by atoms with Gasteiger partial charge in [-0.3, -0.25) is 4.68 Å². The van der Waals surface area contributed by atoms with Crippen LogP contribution in [-0.4, -0.2) is 20.9 Å². The van der Waals surface area contributed by atoms with Crippen molar-refractivity contribution >= 4 is 17.6 Å². The lowest BCUT2D eigenvalue weighted by Crippen LogP contribution is -2.01. The van der Waals surface area contributed by atoms with E-state index >= 15 is 0 Å². The third-order valence-corrected chi connectivity index (χ3v) is 1.84. The van der Waals surface area contributed by atoms with Gasteiger partial charge in [0.2, 0.25) is 0 Å². The van der Waals surface area contributed by atoms with Crippen LogP contribution in [0.2, 0.25) is 5.15 Å². The van der Waals surface area contributed by atoms with Crippen molar-refractivity contribution in [3.63, 3.8) is 0 Å². The number of hydrogen-bond donors (Lipinski definition) is 1. The van der Waals surface area contributed by atoms with E-state index in [9.17, 15) is 4.79 Å². The fourth-order valence-electron chi connectivity index (χ4n) is 0.826. The summed E-state index contributed by atoms with van der Waals surface area (Å²) in [6.07, 6.45) is 1.42. The Balaban J connectivity index is 2.88. The summed E-state index contributed by atoms with van der Waals surface area (Å²) in [5.41, 5.74) is -0.0420. The number of halogens is 1. The van der Waals surface area contributed by atoms with Gasteiger partial charge in [0, 0.05) is 0 Å². The maximum Gasteiger partial charge on any atom is 0.340 e. The summed E-state index contributed by atoms with van der Waals surface area (Å²) in [6.45, 7) is 0.308. The van der Waals surface area contributed by atoms with Crippen molar-refractivity contribution in [2.24, 2.45) is 0 Å². The molecule has 1 N–H and O–H groups in total. The van der Waals surface area contributed by atoms with Gasteiger partial charge in [-0.2, -0.15) is 10.4 Å². The number of aryl methyl sites for hydroxylation is 1. The monoisotopic (exact) mass is 199 g/mol. The Morgan fingerprint density at radius 3 is 3.00 bits per heavy atom. The summed E-state index contributed by atoms with van der Waals surface area (Å²) in [5, 5.41) is 20.7. The van der Waals surface area contributed by atoms with Gasteiger partial charge in [0.25, 0.3) is 0 Å².